The van der Waals surface area contributed by atoms with E-state index >= 15 is 0 Å². The summed E-state index contributed by atoms with van der Waals surface area (Å²) in [7, 11) is 1.84. The number of alkyl halides is 5. The summed E-state index contributed by atoms with van der Waals surface area (Å²) in [6.07, 6.45) is -2.58. The number of carbonyl (C=O) groups excluding carboxylic acids is 1. The van der Waals surface area contributed by atoms with Crippen LogP contribution in [0, 0.1) is 5.92 Å². The van der Waals surface area contributed by atoms with Crippen LogP contribution < -0.4 is 4.90 Å². The maximum atomic E-state index is 14.4. The van der Waals surface area contributed by atoms with Gasteiger partial charge in [0.25, 0.3) is 11.8 Å². The number of aromatic nitrogens is 3. The fourth-order valence-electron chi connectivity index (χ4n) is 6.19. The first-order valence-electron chi connectivity index (χ1n) is 13.7. The Hall–Kier alpha value is -3.42. The standard InChI is InChI=1S/C29H30F5N5O3/c1-37-17-35-36-25(37)10-27(15-42-16-27)19-3-2-4-21(9-19)39-12-23-22(26(39)41)7-18(8-24(23)29(32,33)34)11-38-6-5-20(13-40)28(30,31)14-38/h2-4,7-9,17,20,40H,5-6,10-16H2,1H3/t20-/m1/s1. The molecule has 0 bridgehead atoms. The number of likely N-dealkylation sites (tertiary alicyclic amines) is 1. The summed E-state index contributed by atoms with van der Waals surface area (Å²) in [5, 5.41) is 17.4. The van der Waals surface area contributed by atoms with E-state index in [-0.39, 0.29) is 42.7 Å². The third kappa shape index (κ3) is 5.07. The number of fused-ring (bicyclic) bond motifs is 1. The van der Waals surface area contributed by atoms with Crippen molar-refractivity contribution in [3.8, 4) is 0 Å². The van der Waals surface area contributed by atoms with Crippen LogP contribution in [-0.2, 0) is 42.9 Å². The van der Waals surface area contributed by atoms with Crippen molar-refractivity contribution in [2.24, 2.45) is 13.0 Å². The van der Waals surface area contributed by atoms with Gasteiger partial charge in [0, 0.05) is 42.6 Å². The average Bonchev–Trinajstić information content (AvgIpc) is 3.47. The highest BCUT2D eigenvalue weighted by Gasteiger charge is 2.46. The van der Waals surface area contributed by atoms with E-state index in [4.69, 9.17) is 4.74 Å². The summed E-state index contributed by atoms with van der Waals surface area (Å²) in [6, 6.07) is 9.52. The van der Waals surface area contributed by atoms with Crippen LogP contribution in [0.4, 0.5) is 27.6 Å². The number of piperidine rings is 1. The second kappa shape index (κ2) is 10.4. The maximum Gasteiger partial charge on any atom is 0.416 e. The first kappa shape index (κ1) is 28.7. The number of amides is 1. The van der Waals surface area contributed by atoms with Crippen LogP contribution >= 0.6 is 0 Å². The normalized spacial score (nSPS) is 21.8. The molecule has 0 spiro atoms. The molecule has 4 heterocycles. The highest BCUT2D eigenvalue weighted by molar-refractivity contribution is 6.10. The predicted octanol–water partition coefficient (Wildman–Crippen LogP) is 3.95. The number of benzene rings is 2. The van der Waals surface area contributed by atoms with Crippen LogP contribution in [0.3, 0.4) is 0 Å². The zero-order valence-electron chi connectivity index (χ0n) is 22.9. The third-order valence-electron chi connectivity index (χ3n) is 8.69. The molecule has 13 heteroatoms. The average molecular weight is 592 g/mol. The Morgan fingerprint density at radius 1 is 1.17 bits per heavy atom. The fourth-order valence-corrected chi connectivity index (χ4v) is 6.19. The first-order chi connectivity index (χ1) is 19.9. The Labute approximate surface area is 238 Å². The lowest BCUT2D eigenvalue weighted by molar-refractivity contribution is -0.138. The van der Waals surface area contributed by atoms with Gasteiger partial charge in [-0.25, -0.2) is 8.78 Å². The number of carbonyl (C=O) groups is 1. The summed E-state index contributed by atoms with van der Waals surface area (Å²) in [5.41, 5.74) is -0.0971. The summed E-state index contributed by atoms with van der Waals surface area (Å²) >= 11 is 0. The maximum absolute atomic E-state index is 14.4. The molecular weight excluding hydrogens is 561 g/mol. The molecule has 1 aromatic heterocycles. The number of hydrogen-bond acceptors (Lipinski definition) is 6. The Bertz CT molecular complexity index is 1500. The molecule has 42 heavy (non-hydrogen) atoms. The Morgan fingerprint density at radius 2 is 1.95 bits per heavy atom. The van der Waals surface area contributed by atoms with Gasteiger partial charge >= 0.3 is 6.18 Å². The number of anilines is 1. The lowest BCUT2D eigenvalue weighted by Crippen LogP contribution is -2.49. The molecular formula is C29H30F5N5O3. The van der Waals surface area contributed by atoms with Gasteiger partial charge in [-0.15, -0.1) is 10.2 Å². The highest BCUT2D eigenvalue weighted by atomic mass is 19.4. The number of nitrogens with zero attached hydrogens (tertiary/aromatic N) is 5. The number of rotatable bonds is 7. The fraction of sp³-hybridized carbons (Fsp3) is 0.483. The van der Waals surface area contributed by atoms with E-state index in [0.29, 0.717) is 25.3 Å². The summed E-state index contributed by atoms with van der Waals surface area (Å²) in [4.78, 5) is 16.3. The van der Waals surface area contributed by atoms with Crippen LogP contribution in [0.15, 0.2) is 42.7 Å². The second-order valence-corrected chi connectivity index (χ2v) is 11.6. The van der Waals surface area contributed by atoms with E-state index in [1.54, 1.807) is 18.5 Å². The van der Waals surface area contributed by atoms with Gasteiger partial charge in [-0.1, -0.05) is 12.1 Å². The van der Waals surface area contributed by atoms with Crippen molar-refractivity contribution in [1.82, 2.24) is 19.7 Å². The van der Waals surface area contributed by atoms with Crippen LogP contribution in [0.1, 0.15) is 44.9 Å². The Kier molecular flexibility index (Phi) is 7.09. The molecule has 0 unspecified atom stereocenters. The SMILES string of the molecule is Cn1cnnc1CC1(c2cccc(N3Cc4c(cc(CN5CC[C@H](CO)C(F)(F)C5)cc4C(F)(F)F)C3=O)c2)COC1. The Balaban J connectivity index is 1.29. The quantitative estimate of drug-likeness (QED) is 0.419. The molecule has 2 fully saturated rings. The molecule has 3 aliphatic heterocycles. The van der Waals surface area contributed by atoms with Gasteiger partial charge in [-0.2, -0.15) is 13.2 Å². The van der Waals surface area contributed by atoms with Crippen LogP contribution in [0.5, 0.6) is 0 Å². The van der Waals surface area contributed by atoms with E-state index in [0.717, 1.165) is 17.5 Å². The molecule has 8 nitrogen and oxygen atoms in total. The van der Waals surface area contributed by atoms with Gasteiger partial charge in [0.05, 0.1) is 38.5 Å². The van der Waals surface area contributed by atoms with E-state index in [2.05, 4.69) is 10.2 Å². The van der Waals surface area contributed by atoms with Crippen molar-refractivity contribution in [3.05, 3.63) is 76.4 Å². The van der Waals surface area contributed by atoms with Crippen LogP contribution in [0.25, 0.3) is 0 Å². The van der Waals surface area contributed by atoms with Crippen LogP contribution in [0.2, 0.25) is 0 Å². The molecule has 3 aromatic rings. The number of ether oxygens (including phenoxy) is 1. The van der Waals surface area contributed by atoms with E-state index in [1.807, 2.05) is 23.7 Å². The number of halogens is 5. The smallest absolute Gasteiger partial charge is 0.396 e. The van der Waals surface area contributed by atoms with Gasteiger partial charge in [-0.3, -0.25) is 9.69 Å². The van der Waals surface area contributed by atoms with Gasteiger partial charge in [0.15, 0.2) is 0 Å². The summed E-state index contributed by atoms with van der Waals surface area (Å²) in [6.45, 7) is -0.717. The van der Waals surface area contributed by atoms with Crippen molar-refractivity contribution >= 4 is 11.6 Å². The Morgan fingerprint density at radius 3 is 2.57 bits per heavy atom. The summed E-state index contributed by atoms with van der Waals surface area (Å²) in [5.74, 6) is -4.17. The number of aliphatic hydroxyl groups is 1. The lowest BCUT2D eigenvalue weighted by Gasteiger charge is -2.42. The largest absolute Gasteiger partial charge is 0.416 e. The van der Waals surface area contributed by atoms with Gasteiger partial charge in [0.2, 0.25) is 0 Å². The molecule has 2 saturated heterocycles. The molecule has 2 aromatic carbocycles. The number of aliphatic hydroxyl groups excluding tert-OH is 1. The van der Waals surface area contributed by atoms with Crippen molar-refractivity contribution in [3.63, 3.8) is 0 Å². The van der Waals surface area contributed by atoms with Crippen molar-refractivity contribution in [1.29, 1.82) is 0 Å². The zero-order chi connectivity index (χ0) is 29.9. The lowest BCUT2D eigenvalue weighted by atomic mass is 9.75. The molecule has 0 radical (unpaired) electrons. The van der Waals surface area contributed by atoms with Gasteiger partial charge < -0.3 is 19.3 Å². The van der Waals surface area contributed by atoms with Crippen molar-refractivity contribution < 1.29 is 36.6 Å². The number of aryl methyl sites for hydroxylation is 1. The van der Waals surface area contributed by atoms with E-state index in [1.165, 1.54) is 15.9 Å². The van der Waals surface area contributed by atoms with E-state index < -0.39 is 48.1 Å². The minimum atomic E-state index is -4.74. The molecule has 1 atom stereocenters. The molecule has 1 N–H and O–H groups in total. The molecule has 224 valence electrons. The van der Waals surface area contributed by atoms with Crippen molar-refractivity contribution in [2.45, 2.75) is 43.4 Å². The topological polar surface area (TPSA) is 83.7 Å². The second-order valence-electron chi connectivity index (χ2n) is 11.6. The molecule has 0 saturated carbocycles. The predicted molar refractivity (Wildman–Crippen MR) is 141 cm³/mol. The first-order valence-corrected chi connectivity index (χ1v) is 13.7. The van der Waals surface area contributed by atoms with Crippen LogP contribution in [-0.4, -0.2) is 69.5 Å². The summed E-state index contributed by atoms with van der Waals surface area (Å²) < 4.78 is 79.0. The van der Waals surface area contributed by atoms with Crippen molar-refractivity contribution in [2.75, 3.05) is 37.8 Å². The van der Waals surface area contributed by atoms with Gasteiger partial charge in [-0.05, 0) is 53.9 Å². The van der Waals surface area contributed by atoms with Gasteiger partial charge in [0.1, 0.15) is 12.2 Å². The monoisotopic (exact) mass is 591 g/mol. The molecule has 0 aliphatic carbocycles. The molecule has 3 aliphatic rings. The molecule has 6 rings (SSSR count). The van der Waals surface area contributed by atoms with E-state index in [9.17, 15) is 31.9 Å². The third-order valence-corrected chi connectivity index (χ3v) is 8.69. The highest BCUT2D eigenvalue weighted by Crippen LogP contribution is 2.42. The minimum absolute atomic E-state index is 0.0206. The minimum Gasteiger partial charge on any atom is -0.396 e. The number of hydrogen-bond donors (Lipinski definition) is 1. The molecule has 1 amide bonds. The zero-order valence-corrected chi connectivity index (χ0v) is 22.9.